The van der Waals surface area contributed by atoms with Gasteiger partial charge in [0.05, 0.1) is 17.6 Å². The van der Waals surface area contributed by atoms with Crippen LogP contribution in [0.1, 0.15) is 33.1 Å². The lowest BCUT2D eigenvalue weighted by Gasteiger charge is -2.22. The minimum absolute atomic E-state index is 0.0246. The first-order valence-electron chi connectivity index (χ1n) is 5.67. The van der Waals surface area contributed by atoms with Crippen LogP contribution < -0.4 is 5.32 Å². The van der Waals surface area contributed by atoms with Crippen LogP contribution in [0.3, 0.4) is 0 Å². The van der Waals surface area contributed by atoms with E-state index in [1.165, 1.54) is 0 Å². The molecule has 1 aliphatic heterocycles. The average molecular weight is 266 g/mol. The number of halogens is 2. The molecule has 2 aliphatic rings. The Labute approximate surface area is 106 Å². The number of amides is 1. The summed E-state index contributed by atoms with van der Waals surface area (Å²) in [6.07, 6.45) is 2.72. The molecule has 92 valence electrons. The third-order valence-corrected chi connectivity index (χ3v) is 4.74. The van der Waals surface area contributed by atoms with E-state index in [9.17, 15) is 4.79 Å². The highest BCUT2D eigenvalue weighted by molar-refractivity contribution is 6.53. The number of alkyl halides is 2. The number of carbonyl (C=O) groups excluding carboxylic acids is 1. The SMILES string of the molecule is CC(NC(=O)C1(C)CC1(Cl)Cl)C1CCCO1. The summed E-state index contributed by atoms with van der Waals surface area (Å²) in [5.74, 6) is -0.0690. The Bertz CT molecular complexity index is 302. The van der Waals surface area contributed by atoms with E-state index >= 15 is 0 Å². The molecule has 0 aromatic rings. The van der Waals surface area contributed by atoms with Gasteiger partial charge in [-0.1, -0.05) is 0 Å². The van der Waals surface area contributed by atoms with Crippen LogP contribution in [0.5, 0.6) is 0 Å². The summed E-state index contributed by atoms with van der Waals surface area (Å²) in [6.45, 7) is 4.55. The summed E-state index contributed by atoms with van der Waals surface area (Å²) in [5.41, 5.74) is -0.636. The third kappa shape index (κ3) is 2.05. The van der Waals surface area contributed by atoms with Crippen molar-refractivity contribution in [1.29, 1.82) is 0 Å². The summed E-state index contributed by atoms with van der Waals surface area (Å²) in [6, 6.07) is 0.0246. The zero-order valence-electron chi connectivity index (χ0n) is 9.56. The maximum Gasteiger partial charge on any atom is 0.229 e. The van der Waals surface area contributed by atoms with E-state index in [1.54, 1.807) is 6.92 Å². The Balaban J connectivity index is 1.88. The molecule has 5 heteroatoms. The molecule has 0 aromatic carbocycles. The van der Waals surface area contributed by atoms with Gasteiger partial charge in [-0.3, -0.25) is 4.79 Å². The number of carbonyl (C=O) groups is 1. The predicted molar refractivity (Wildman–Crippen MR) is 63.7 cm³/mol. The second-order valence-electron chi connectivity index (χ2n) is 5.03. The van der Waals surface area contributed by atoms with E-state index in [2.05, 4.69) is 5.32 Å². The minimum Gasteiger partial charge on any atom is -0.376 e. The maximum atomic E-state index is 12.0. The first-order valence-corrected chi connectivity index (χ1v) is 6.43. The van der Waals surface area contributed by atoms with Crippen LogP contribution >= 0.6 is 23.2 Å². The largest absolute Gasteiger partial charge is 0.376 e. The molecular weight excluding hydrogens is 249 g/mol. The van der Waals surface area contributed by atoms with E-state index in [0.29, 0.717) is 6.42 Å². The molecule has 16 heavy (non-hydrogen) atoms. The number of hydrogen-bond acceptors (Lipinski definition) is 2. The Morgan fingerprint density at radius 3 is 2.62 bits per heavy atom. The normalized spacial score (nSPS) is 38.1. The Hall–Kier alpha value is 0.01000. The highest BCUT2D eigenvalue weighted by atomic mass is 35.5. The molecule has 0 spiro atoms. The van der Waals surface area contributed by atoms with Crippen molar-refractivity contribution in [1.82, 2.24) is 5.32 Å². The Morgan fingerprint density at radius 1 is 1.56 bits per heavy atom. The van der Waals surface area contributed by atoms with Crippen molar-refractivity contribution in [2.45, 2.75) is 49.6 Å². The first-order chi connectivity index (χ1) is 7.37. The van der Waals surface area contributed by atoms with Crippen molar-refractivity contribution in [3.05, 3.63) is 0 Å². The van der Waals surface area contributed by atoms with Gasteiger partial charge in [0.2, 0.25) is 5.91 Å². The van der Waals surface area contributed by atoms with Gasteiger partial charge >= 0.3 is 0 Å². The number of rotatable bonds is 3. The molecule has 1 heterocycles. The number of ether oxygens (including phenoxy) is 1. The van der Waals surface area contributed by atoms with Crippen molar-refractivity contribution >= 4 is 29.1 Å². The van der Waals surface area contributed by atoms with Crippen LogP contribution in [-0.2, 0) is 9.53 Å². The molecule has 1 saturated carbocycles. The molecule has 3 atom stereocenters. The summed E-state index contributed by atoms with van der Waals surface area (Å²) in [4.78, 5) is 12.0. The van der Waals surface area contributed by atoms with E-state index < -0.39 is 9.75 Å². The number of nitrogens with one attached hydrogen (secondary N) is 1. The van der Waals surface area contributed by atoms with Crippen molar-refractivity contribution in [3.8, 4) is 0 Å². The molecule has 1 N–H and O–H groups in total. The van der Waals surface area contributed by atoms with Gasteiger partial charge in [-0.25, -0.2) is 0 Å². The fourth-order valence-electron chi connectivity index (χ4n) is 2.10. The quantitative estimate of drug-likeness (QED) is 0.796. The standard InChI is InChI=1S/C11H17Cl2NO2/c1-7(8-4-3-5-16-8)14-9(15)10(2)6-11(10,12)13/h7-8H,3-6H2,1-2H3,(H,14,15). The molecule has 2 fully saturated rings. The van der Waals surface area contributed by atoms with Crippen LogP contribution in [0.4, 0.5) is 0 Å². The van der Waals surface area contributed by atoms with Gasteiger partial charge in [-0.2, -0.15) is 0 Å². The maximum absolute atomic E-state index is 12.0. The van der Waals surface area contributed by atoms with Gasteiger partial charge in [-0.05, 0) is 33.1 Å². The highest BCUT2D eigenvalue weighted by Gasteiger charge is 2.68. The lowest BCUT2D eigenvalue weighted by molar-refractivity contribution is -0.127. The average Bonchev–Trinajstić information content (AvgIpc) is 2.63. The fourth-order valence-corrected chi connectivity index (χ4v) is 2.81. The summed E-state index contributed by atoms with van der Waals surface area (Å²) < 4.78 is 4.62. The molecular formula is C11H17Cl2NO2. The summed E-state index contributed by atoms with van der Waals surface area (Å²) in [7, 11) is 0. The monoisotopic (exact) mass is 265 g/mol. The molecule has 0 aromatic heterocycles. The third-order valence-electron chi connectivity index (χ3n) is 3.64. The van der Waals surface area contributed by atoms with Crippen LogP contribution in [-0.4, -0.2) is 29.0 Å². The van der Waals surface area contributed by atoms with Gasteiger partial charge in [0.1, 0.15) is 4.33 Å². The smallest absolute Gasteiger partial charge is 0.229 e. The Morgan fingerprint density at radius 2 is 2.19 bits per heavy atom. The van der Waals surface area contributed by atoms with Crippen molar-refractivity contribution in [3.63, 3.8) is 0 Å². The highest BCUT2D eigenvalue weighted by Crippen LogP contribution is 2.63. The van der Waals surface area contributed by atoms with E-state index in [-0.39, 0.29) is 18.1 Å². The molecule has 3 unspecified atom stereocenters. The second kappa shape index (κ2) is 4.04. The lowest BCUT2D eigenvalue weighted by atomic mass is 10.1. The van der Waals surface area contributed by atoms with Crippen molar-refractivity contribution < 1.29 is 9.53 Å². The van der Waals surface area contributed by atoms with Crippen LogP contribution in [0.25, 0.3) is 0 Å². The lowest BCUT2D eigenvalue weighted by Crippen LogP contribution is -2.44. The molecule has 3 nitrogen and oxygen atoms in total. The minimum atomic E-state index is -0.895. The summed E-state index contributed by atoms with van der Waals surface area (Å²) >= 11 is 11.9. The van der Waals surface area contributed by atoms with Gasteiger partial charge < -0.3 is 10.1 Å². The predicted octanol–water partition coefficient (Wildman–Crippen LogP) is 2.25. The molecule has 2 rings (SSSR count). The van der Waals surface area contributed by atoms with Gasteiger partial charge in [0, 0.05) is 6.61 Å². The van der Waals surface area contributed by atoms with Crippen LogP contribution in [0.15, 0.2) is 0 Å². The molecule has 0 bridgehead atoms. The second-order valence-corrected chi connectivity index (χ2v) is 6.51. The van der Waals surface area contributed by atoms with E-state index in [4.69, 9.17) is 27.9 Å². The molecule has 0 radical (unpaired) electrons. The van der Waals surface area contributed by atoms with Gasteiger partial charge in [0.15, 0.2) is 0 Å². The summed E-state index contributed by atoms with van der Waals surface area (Å²) in [5, 5.41) is 2.95. The molecule has 1 saturated heterocycles. The zero-order valence-corrected chi connectivity index (χ0v) is 11.1. The first kappa shape index (κ1) is 12.5. The van der Waals surface area contributed by atoms with E-state index in [0.717, 1.165) is 19.4 Å². The molecule has 1 amide bonds. The molecule has 1 aliphatic carbocycles. The zero-order chi connectivity index (χ0) is 12.0. The van der Waals surface area contributed by atoms with Gasteiger partial charge in [-0.15, -0.1) is 23.2 Å². The van der Waals surface area contributed by atoms with Crippen LogP contribution in [0, 0.1) is 5.41 Å². The Kier molecular flexibility index (Phi) is 3.15. The van der Waals surface area contributed by atoms with Gasteiger partial charge in [0.25, 0.3) is 0 Å². The van der Waals surface area contributed by atoms with Crippen molar-refractivity contribution in [2.75, 3.05) is 6.61 Å². The van der Waals surface area contributed by atoms with Crippen LogP contribution in [0.2, 0.25) is 0 Å². The van der Waals surface area contributed by atoms with Crippen molar-refractivity contribution in [2.24, 2.45) is 5.41 Å². The number of hydrogen-bond donors (Lipinski definition) is 1. The fraction of sp³-hybridized carbons (Fsp3) is 0.909. The van der Waals surface area contributed by atoms with E-state index in [1.807, 2.05) is 6.92 Å². The topological polar surface area (TPSA) is 38.3 Å².